The monoisotopic (exact) mass is 274 g/mol. The lowest BCUT2D eigenvalue weighted by molar-refractivity contribution is 0.0600. The molecule has 2 rings (SSSR count). The third kappa shape index (κ3) is 2.83. The molecule has 0 aliphatic heterocycles. The number of esters is 1. The highest BCUT2D eigenvalue weighted by Gasteiger charge is 2.10. The van der Waals surface area contributed by atoms with Gasteiger partial charge in [-0.1, -0.05) is 29.8 Å². The minimum atomic E-state index is -0.426. The Labute approximate surface area is 115 Å². The van der Waals surface area contributed by atoms with Crippen LogP contribution in [0.5, 0.6) is 0 Å². The first-order valence-electron chi connectivity index (χ1n) is 5.59. The van der Waals surface area contributed by atoms with E-state index in [4.69, 9.17) is 11.6 Å². The molecular weight excluding hydrogens is 264 g/mol. The van der Waals surface area contributed by atoms with Crippen LogP contribution in [0.2, 0.25) is 5.02 Å². The Morgan fingerprint density at radius 2 is 2.00 bits per heavy atom. The van der Waals surface area contributed by atoms with Crippen molar-refractivity contribution in [3.8, 4) is 11.1 Å². The van der Waals surface area contributed by atoms with Crippen molar-refractivity contribution >= 4 is 23.9 Å². The van der Waals surface area contributed by atoms with Crippen LogP contribution >= 0.6 is 11.6 Å². The lowest BCUT2D eigenvalue weighted by Gasteiger charge is -2.07. The largest absolute Gasteiger partial charge is 0.465 e. The molecule has 19 heavy (non-hydrogen) atoms. The number of carbonyl (C=O) groups is 2. The number of halogens is 1. The summed E-state index contributed by atoms with van der Waals surface area (Å²) in [6, 6.07) is 11.9. The highest BCUT2D eigenvalue weighted by molar-refractivity contribution is 6.33. The van der Waals surface area contributed by atoms with Crippen molar-refractivity contribution < 1.29 is 14.3 Å². The second-order valence-corrected chi connectivity index (χ2v) is 4.34. The average Bonchev–Trinajstić information content (AvgIpc) is 2.47. The normalized spacial score (nSPS) is 10.0. The van der Waals surface area contributed by atoms with E-state index in [1.807, 2.05) is 6.07 Å². The molecule has 2 aromatic carbocycles. The molecule has 2 aromatic rings. The first-order valence-corrected chi connectivity index (χ1v) is 5.97. The van der Waals surface area contributed by atoms with Crippen LogP contribution in [-0.4, -0.2) is 19.4 Å². The van der Waals surface area contributed by atoms with E-state index in [2.05, 4.69) is 4.74 Å². The van der Waals surface area contributed by atoms with Crippen molar-refractivity contribution in [2.75, 3.05) is 7.11 Å². The zero-order chi connectivity index (χ0) is 13.8. The number of methoxy groups -OCH3 is 1. The molecule has 0 saturated carbocycles. The van der Waals surface area contributed by atoms with E-state index in [0.29, 0.717) is 21.7 Å². The van der Waals surface area contributed by atoms with Gasteiger partial charge >= 0.3 is 5.97 Å². The average molecular weight is 275 g/mol. The molecule has 0 atom stereocenters. The van der Waals surface area contributed by atoms with Crippen LogP contribution in [0.1, 0.15) is 20.7 Å². The number of carbonyl (C=O) groups excluding carboxylic acids is 2. The van der Waals surface area contributed by atoms with Gasteiger partial charge in [-0.25, -0.2) is 4.79 Å². The predicted octanol–water partition coefficient (Wildman–Crippen LogP) is 3.61. The van der Waals surface area contributed by atoms with Crippen LogP contribution < -0.4 is 0 Å². The smallest absolute Gasteiger partial charge is 0.337 e. The number of rotatable bonds is 3. The number of hydrogen-bond acceptors (Lipinski definition) is 3. The predicted molar refractivity (Wildman–Crippen MR) is 73.6 cm³/mol. The van der Waals surface area contributed by atoms with Crippen molar-refractivity contribution in [3.63, 3.8) is 0 Å². The van der Waals surface area contributed by atoms with E-state index in [-0.39, 0.29) is 0 Å². The van der Waals surface area contributed by atoms with Crippen molar-refractivity contribution in [2.24, 2.45) is 0 Å². The number of aldehydes is 1. The van der Waals surface area contributed by atoms with Gasteiger partial charge in [0.05, 0.1) is 12.7 Å². The van der Waals surface area contributed by atoms with E-state index >= 15 is 0 Å². The minimum absolute atomic E-state index is 0.415. The van der Waals surface area contributed by atoms with Gasteiger partial charge in [0.1, 0.15) is 6.29 Å². The maximum absolute atomic E-state index is 11.5. The molecule has 0 fully saturated rings. The first kappa shape index (κ1) is 13.3. The van der Waals surface area contributed by atoms with Gasteiger partial charge in [-0.2, -0.15) is 0 Å². The Morgan fingerprint density at radius 1 is 1.21 bits per heavy atom. The van der Waals surface area contributed by atoms with Gasteiger partial charge in [-0.15, -0.1) is 0 Å². The standard InChI is InChI=1S/C15H11ClO3/c1-19-15(18)12-5-6-14(16)13(8-12)11-4-2-3-10(7-11)9-17/h2-9H,1H3. The summed E-state index contributed by atoms with van der Waals surface area (Å²) in [5, 5.41) is 0.510. The van der Waals surface area contributed by atoms with Gasteiger partial charge in [-0.05, 0) is 29.8 Å². The third-order valence-electron chi connectivity index (χ3n) is 2.72. The van der Waals surface area contributed by atoms with Crippen LogP contribution in [0, 0.1) is 0 Å². The van der Waals surface area contributed by atoms with Crippen molar-refractivity contribution in [1.82, 2.24) is 0 Å². The molecule has 0 bridgehead atoms. The van der Waals surface area contributed by atoms with E-state index in [1.54, 1.807) is 36.4 Å². The Hall–Kier alpha value is -2.13. The molecule has 0 amide bonds. The Balaban J connectivity index is 2.54. The summed E-state index contributed by atoms with van der Waals surface area (Å²) < 4.78 is 4.67. The molecule has 0 N–H and O–H groups in total. The number of ether oxygens (including phenoxy) is 1. The van der Waals surface area contributed by atoms with Gasteiger partial charge in [0.15, 0.2) is 0 Å². The van der Waals surface area contributed by atoms with Gasteiger partial charge < -0.3 is 4.74 Å². The second-order valence-electron chi connectivity index (χ2n) is 3.93. The fraction of sp³-hybridized carbons (Fsp3) is 0.0667. The summed E-state index contributed by atoms with van der Waals surface area (Å²) in [5.41, 5.74) is 2.43. The highest BCUT2D eigenvalue weighted by atomic mass is 35.5. The zero-order valence-corrected chi connectivity index (χ0v) is 11.0. The molecule has 0 spiro atoms. The quantitative estimate of drug-likeness (QED) is 0.634. The van der Waals surface area contributed by atoms with Crippen molar-refractivity contribution in [1.29, 1.82) is 0 Å². The Morgan fingerprint density at radius 3 is 2.68 bits per heavy atom. The van der Waals surface area contributed by atoms with Crippen LogP contribution in [0.3, 0.4) is 0 Å². The lowest BCUT2D eigenvalue weighted by atomic mass is 10.0. The fourth-order valence-corrected chi connectivity index (χ4v) is 2.00. The van der Waals surface area contributed by atoms with Crippen molar-refractivity contribution in [3.05, 3.63) is 58.6 Å². The van der Waals surface area contributed by atoms with E-state index in [0.717, 1.165) is 11.8 Å². The number of benzene rings is 2. The van der Waals surface area contributed by atoms with Crippen LogP contribution in [0.15, 0.2) is 42.5 Å². The number of hydrogen-bond donors (Lipinski definition) is 0. The lowest BCUT2D eigenvalue weighted by Crippen LogP contribution is -2.01. The molecule has 0 heterocycles. The summed E-state index contributed by atoms with van der Waals surface area (Å²) in [7, 11) is 1.32. The Kier molecular flexibility index (Phi) is 3.97. The molecular formula is C15H11ClO3. The van der Waals surface area contributed by atoms with Crippen LogP contribution in [0.4, 0.5) is 0 Å². The molecule has 0 aromatic heterocycles. The van der Waals surface area contributed by atoms with E-state index < -0.39 is 5.97 Å². The van der Waals surface area contributed by atoms with Gasteiger partial charge in [0.2, 0.25) is 0 Å². The maximum atomic E-state index is 11.5. The van der Waals surface area contributed by atoms with Gasteiger partial charge in [-0.3, -0.25) is 4.79 Å². The Bertz CT molecular complexity index is 635. The molecule has 0 saturated heterocycles. The topological polar surface area (TPSA) is 43.4 Å². The summed E-state index contributed by atoms with van der Waals surface area (Å²) in [6.45, 7) is 0. The fourth-order valence-electron chi connectivity index (χ4n) is 1.77. The van der Waals surface area contributed by atoms with E-state index in [1.165, 1.54) is 7.11 Å². The molecule has 4 heteroatoms. The molecule has 3 nitrogen and oxygen atoms in total. The minimum Gasteiger partial charge on any atom is -0.465 e. The molecule has 96 valence electrons. The second kappa shape index (κ2) is 5.67. The summed E-state index contributed by atoms with van der Waals surface area (Å²) in [4.78, 5) is 22.3. The first-order chi connectivity index (χ1) is 9.15. The van der Waals surface area contributed by atoms with Crippen molar-refractivity contribution in [2.45, 2.75) is 0 Å². The van der Waals surface area contributed by atoms with Crippen LogP contribution in [-0.2, 0) is 4.74 Å². The van der Waals surface area contributed by atoms with E-state index in [9.17, 15) is 9.59 Å². The van der Waals surface area contributed by atoms with Gasteiger partial charge in [0, 0.05) is 16.1 Å². The van der Waals surface area contributed by atoms with Crippen LogP contribution in [0.25, 0.3) is 11.1 Å². The highest BCUT2D eigenvalue weighted by Crippen LogP contribution is 2.29. The SMILES string of the molecule is COC(=O)c1ccc(Cl)c(-c2cccc(C=O)c2)c1. The molecule has 0 aliphatic carbocycles. The summed E-state index contributed by atoms with van der Waals surface area (Å²) in [6.07, 6.45) is 0.765. The molecule has 0 aliphatic rings. The molecule has 0 radical (unpaired) electrons. The third-order valence-corrected chi connectivity index (χ3v) is 3.05. The maximum Gasteiger partial charge on any atom is 0.337 e. The summed E-state index contributed by atoms with van der Waals surface area (Å²) in [5.74, 6) is -0.426. The summed E-state index contributed by atoms with van der Waals surface area (Å²) >= 11 is 6.13. The van der Waals surface area contributed by atoms with Gasteiger partial charge in [0.25, 0.3) is 0 Å². The zero-order valence-electron chi connectivity index (χ0n) is 10.2. The molecule has 0 unspecified atom stereocenters.